The topological polar surface area (TPSA) is 76.9 Å². The summed E-state index contributed by atoms with van der Waals surface area (Å²) in [4.78, 5) is 23.8. The average molecular weight is 334 g/mol. The zero-order valence-electron chi connectivity index (χ0n) is 13.7. The molecule has 0 spiro atoms. The Morgan fingerprint density at radius 1 is 0.920 bits per heavy atom. The molecule has 1 aliphatic rings. The van der Waals surface area contributed by atoms with Gasteiger partial charge in [0.1, 0.15) is 5.75 Å². The molecule has 7 heteroatoms. The van der Waals surface area contributed by atoms with Crippen molar-refractivity contribution < 1.29 is 4.74 Å². The maximum Gasteiger partial charge on any atom is 0.238 e. The fourth-order valence-electron chi connectivity index (χ4n) is 2.97. The number of rotatable bonds is 4. The first-order valence-electron chi connectivity index (χ1n) is 8.30. The molecule has 3 aromatic heterocycles. The quantitative estimate of drug-likeness (QED) is 0.726. The molecule has 4 heterocycles. The van der Waals surface area contributed by atoms with Crippen LogP contribution in [0, 0.1) is 0 Å². The molecule has 7 nitrogen and oxygen atoms in total. The zero-order valence-corrected chi connectivity index (χ0v) is 13.7. The van der Waals surface area contributed by atoms with Gasteiger partial charge >= 0.3 is 0 Å². The zero-order chi connectivity index (χ0) is 16.9. The van der Waals surface area contributed by atoms with Crippen LogP contribution in [0.4, 0.5) is 5.95 Å². The third-order valence-electron chi connectivity index (χ3n) is 4.24. The standard InChI is InChI=1S/C18H18N6O/c1-3-15(11-19-6-1)25-17-13-20-12-16(23-17)14-4-9-24(10-5-14)18-21-7-2-8-22-18/h1-3,6-8,11-14H,4-5,9-10H2. The largest absolute Gasteiger partial charge is 0.436 e. The molecule has 25 heavy (non-hydrogen) atoms. The summed E-state index contributed by atoms with van der Waals surface area (Å²) in [7, 11) is 0. The molecule has 1 aliphatic heterocycles. The van der Waals surface area contributed by atoms with Crippen molar-refractivity contribution in [1.82, 2.24) is 24.9 Å². The van der Waals surface area contributed by atoms with Crippen LogP contribution in [0.15, 0.2) is 55.4 Å². The molecule has 0 aromatic carbocycles. The van der Waals surface area contributed by atoms with Crippen LogP contribution >= 0.6 is 0 Å². The summed E-state index contributed by atoms with van der Waals surface area (Å²) in [6.45, 7) is 1.81. The highest BCUT2D eigenvalue weighted by molar-refractivity contribution is 5.30. The Labute approximate surface area is 145 Å². The minimum atomic E-state index is 0.366. The lowest BCUT2D eigenvalue weighted by Gasteiger charge is -2.31. The number of ether oxygens (including phenoxy) is 1. The number of hydrogen-bond donors (Lipinski definition) is 0. The lowest BCUT2D eigenvalue weighted by molar-refractivity contribution is 0.442. The lowest BCUT2D eigenvalue weighted by Crippen LogP contribution is -2.34. The van der Waals surface area contributed by atoms with Gasteiger partial charge in [0.15, 0.2) is 0 Å². The van der Waals surface area contributed by atoms with Gasteiger partial charge in [-0.2, -0.15) is 0 Å². The SMILES string of the molecule is c1cnc(N2CCC(c3cncc(Oc4cccnc4)n3)CC2)nc1. The van der Waals surface area contributed by atoms with E-state index in [1.54, 1.807) is 31.0 Å². The van der Waals surface area contributed by atoms with Crippen LogP contribution in [-0.4, -0.2) is 38.0 Å². The summed E-state index contributed by atoms with van der Waals surface area (Å²) in [5.41, 5.74) is 0.968. The van der Waals surface area contributed by atoms with Crippen molar-refractivity contribution in [3.05, 3.63) is 61.1 Å². The van der Waals surface area contributed by atoms with Gasteiger partial charge in [0.25, 0.3) is 0 Å². The Bertz CT molecular complexity index is 806. The molecule has 0 bridgehead atoms. The first-order chi connectivity index (χ1) is 12.4. The van der Waals surface area contributed by atoms with Crippen LogP contribution in [0.3, 0.4) is 0 Å². The minimum Gasteiger partial charge on any atom is -0.436 e. The molecular formula is C18H18N6O. The van der Waals surface area contributed by atoms with Crippen molar-refractivity contribution in [2.75, 3.05) is 18.0 Å². The van der Waals surface area contributed by atoms with Gasteiger partial charge in [0.2, 0.25) is 11.8 Å². The number of piperidine rings is 1. The Kier molecular flexibility index (Phi) is 4.45. The van der Waals surface area contributed by atoms with E-state index in [-0.39, 0.29) is 0 Å². The third kappa shape index (κ3) is 3.71. The Morgan fingerprint density at radius 2 is 1.76 bits per heavy atom. The Morgan fingerprint density at radius 3 is 2.52 bits per heavy atom. The van der Waals surface area contributed by atoms with Crippen LogP contribution in [0.2, 0.25) is 0 Å². The van der Waals surface area contributed by atoms with E-state index in [1.807, 2.05) is 24.4 Å². The normalized spacial score (nSPS) is 15.1. The molecule has 0 atom stereocenters. The van der Waals surface area contributed by atoms with Crippen LogP contribution in [0.1, 0.15) is 24.5 Å². The van der Waals surface area contributed by atoms with E-state index in [1.165, 1.54) is 0 Å². The van der Waals surface area contributed by atoms with Crippen LogP contribution < -0.4 is 9.64 Å². The summed E-state index contributed by atoms with van der Waals surface area (Å²) in [6, 6.07) is 5.51. The predicted molar refractivity (Wildman–Crippen MR) is 92.6 cm³/mol. The number of pyridine rings is 1. The number of anilines is 1. The van der Waals surface area contributed by atoms with Crippen molar-refractivity contribution in [3.63, 3.8) is 0 Å². The molecule has 0 aliphatic carbocycles. The van der Waals surface area contributed by atoms with Crippen molar-refractivity contribution >= 4 is 5.95 Å². The van der Waals surface area contributed by atoms with Gasteiger partial charge in [-0.1, -0.05) is 0 Å². The van der Waals surface area contributed by atoms with Crippen molar-refractivity contribution in [2.45, 2.75) is 18.8 Å². The molecule has 1 fully saturated rings. The highest BCUT2D eigenvalue weighted by atomic mass is 16.5. The summed E-state index contributed by atoms with van der Waals surface area (Å²) >= 11 is 0. The third-order valence-corrected chi connectivity index (χ3v) is 4.24. The highest BCUT2D eigenvalue weighted by Crippen LogP contribution is 2.29. The predicted octanol–water partition coefficient (Wildman–Crippen LogP) is 2.84. The minimum absolute atomic E-state index is 0.366. The van der Waals surface area contributed by atoms with E-state index in [4.69, 9.17) is 4.74 Å². The van der Waals surface area contributed by atoms with Crippen LogP contribution in [-0.2, 0) is 0 Å². The average Bonchev–Trinajstić information content (AvgIpc) is 2.70. The van der Waals surface area contributed by atoms with Crippen molar-refractivity contribution in [1.29, 1.82) is 0 Å². The van der Waals surface area contributed by atoms with Crippen LogP contribution in [0.25, 0.3) is 0 Å². The first kappa shape index (κ1) is 15.4. The first-order valence-corrected chi connectivity index (χ1v) is 8.30. The molecule has 0 radical (unpaired) electrons. The van der Waals surface area contributed by atoms with Gasteiger partial charge in [-0.15, -0.1) is 0 Å². The number of aromatic nitrogens is 5. The van der Waals surface area contributed by atoms with E-state index in [9.17, 15) is 0 Å². The molecule has 4 rings (SSSR count). The summed E-state index contributed by atoms with van der Waals surface area (Å²) in [6.07, 6.45) is 12.4. The van der Waals surface area contributed by atoms with E-state index in [0.717, 1.165) is 37.6 Å². The van der Waals surface area contributed by atoms with E-state index < -0.39 is 0 Å². The second-order valence-corrected chi connectivity index (χ2v) is 5.88. The summed E-state index contributed by atoms with van der Waals surface area (Å²) < 4.78 is 5.73. The Balaban J connectivity index is 1.42. The lowest BCUT2D eigenvalue weighted by atomic mass is 9.94. The van der Waals surface area contributed by atoms with Gasteiger partial charge in [0.05, 0.1) is 18.1 Å². The van der Waals surface area contributed by atoms with E-state index >= 15 is 0 Å². The number of hydrogen-bond acceptors (Lipinski definition) is 7. The maximum absolute atomic E-state index is 5.73. The molecular weight excluding hydrogens is 316 g/mol. The smallest absolute Gasteiger partial charge is 0.238 e. The van der Waals surface area contributed by atoms with E-state index in [2.05, 4.69) is 29.8 Å². The molecule has 0 N–H and O–H groups in total. The van der Waals surface area contributed by atoms with E-state index in [0.29, 0.717) is 17.5 Å². The monoisotopic (exact) mass is 334 g/mol. The number of nitrogens with zero attached hydrogens (tertiary/aromatic N) is 6. The highest BCUT2D eigenvalue weighted by Gasteiger charge is 2.23. The summed E-state index contributed by atoms with van der Waals surface area (Å²) in [5, 5.41) is 0. The molecule has 1 saturated heterocycles. The van der Waals surface area contributed by atoms with Gasteiger partial charge in [-0.05, 0) is 31.0 Å². The van der Waals surface area contributed by atoms with Crippen molar-refractivity contribution in [3.8, 4) is 11.6 Å². The van der Waals surface area contributed by atoms with Crippen LogP contribution in [0.5, 0.6) is 11.6 Å². The van der Waals surface area contributed by atoms with Gasteiger partial charge in [0, 0.05) is 43.8 Å². The second-order valence-electron chi connectivity index (χ2n) is 5.88. The molecule has 0 amide bonds. The fraction of sp³-hybridized carbons (Fsp3) is 0.278. The molecule has 126 valence electrons. The molecule has 3 aromatic rings. The van der Waals surface area contributed by atoms with Crippen molar-refractivity contribution in [2.24, 2.45) is 0 Å². The molecule has 0 saturated carbocycles. The fourth-order valence-corrected chi connectivity index (χ4v) is 2.97. The maximum atomic E-state index is 5.73. The van der Waals surface area contributed by atoms with Gasteiger partial charge in [-0.3, -0.25) is 9.97 Å². The van der Waals surface area contributed by atoms with Gasteiger partial charge in [-0.25, -0.2) is 15.0 Å². The summed E-state index contributed by atoms with van der Waals surface area (Å²) in [5.74, 6) is 2.31. The van der Waals surface area contributed by atoms with Gasteiger partial charge < -0.3 is 9.64 Å². The molecule has 0 unspecified atom stereocenters. The second kappa shape index (κ2) is 7.21. The Hall–Kier alpha value is -3.09.